The third-order valence-corrected chi connectivity index (χ3v) is 4.79. The molecule has 3 rings (SSSR count). The number of carbonyl (C=O) groups excluding carboxylic acids is 2. The molecule has 0 aromatic heterocycles. The molecule has 0 N–H and O–H groups in total. The van der Waals surface area contributed by atoms with E-state index in [-0.39, 0.29) is 28.2 Å². The fourth-order valence-corrected chi connectivity index (χ4v) is 3.35. The van der Waals surface area contributed by atoms with E-state index in [1.54, 1.807) is 4.90 Å². The molecule has 0 spiro atoms. The number of nitro benzene ring substituents is 1. The molecule has 2 atom stereocenters. The second-order valence-electron chi connectivity index (χ2n) is 6.36. The van der Waals surface area contributed by atoms with Crippen molar-refractivity contribution < 1.29 is 19.2 Å². The molecule has 1 heterocycles. The van der Waals surface area contributed by atoms with Crippen LogP contribution in [0.1, 0.15) is 29.8 Å². The maximum atomic E-state index is 12.9. The van der Waals surface area contributed by atoms with E-state index in [0.717, 1.165) is 23.7 Å². The molecule has 0 fully saturated rings. The van der Waals surface area contributed by atoms with Gasteiger partial charge in [0.15, 0.2) is 6.10 Å². The smallest absolute Gasteiger partial charge is 0.340 e. The van der Waals surface area contributed by atoms with Gasteiger partial charge in [0.25, 0.3) is 11.6 Å². The Balaban J connectivity index is 1.78. The maximum Gasteiger partial charge on any atom is 0.340 e. The SMILES string of the molecule is C[C@H](OC(=O)c1cc([N+](=O)[O-])ccc1Cl)C(=O)N1c2ccccc2C[C@@H]1C. The first-order valence-corrected chi connectivity index (χ1v) is 8.73. The van der Waals surface area contributed by atoms with Gasteiger partial charge in [-0.15, -0.1) is 0 Å². The summed E-state index contributed by atoms with van der Waals surface area (Å²) < 4.78 is 5.25. The number of anilines is 1. The van der Waals surface area contributed by atoms with E-state index < -0.39 is 17.0 Å². The molecule has 1 amide bonds. The summed E-state index contributed by atoms with van der Waals surface area (Å²) in [5, 5.41) is 10.9. The van der Waals surface area contributed by atoms with Crippen molar-refractivity contribution in [3.8, 4) is 0 Å². The Labute approximate surface area is 160 Å². The second-order valence-corrected chi connectivity index (χ2v) is 6.77. The van der Waals surface area contributed by atoms with E-state index >= 15 is 0 Å². The van der Waals surface area contributed by atoms with Gasteiger partial charge in [-0.1, -0.05) is 29.8 Å². The summed E-state index contributed by atoms with van der Waals surface area (Å²) >= 11 is 5.96. The van der Waals surface area contributed by atoms with Crippen molar-refractivity contribution in [2.45, 2.75) is 32.4 Å². The van der Waals surface area contributed by atoms with E-state index in [2.05, 4.69) is 0 Å². The zero-order valence-corrected chi connectivity index (χ0v) is 15.5. The number of nitro groups is 1. The fraction of sp³-hybridized carbons (Fsp3) is 0.263. The Morgan fingerprint density at radius 3 is 2.70 bits per heavy atom. The van der Waals surface area contributed by atoms with Crippen LogP contribution in [-0.4, -0.2) is 28.9 Å². The molecule has 0 unspecified atom stereocenters. The number of carbonyl (C=O) groups is 2. The number of esters is 1. The lowest BCUT2D eigenvalue weighted by molar-refractivity contribution is -0.384. The molecular weight excluding hydrogens is 372 g/mol. The monoisotopic (exact) mass is 388 g/mol. The quantitative estimate of drug-likeness (QED) is 0.451. The van der Waals surface area contributed by atoms with Gasteiger partial charge in [-0.2, -0.15) is 0 Å². The van der Waals surface area contributed by atoms with Crippen LogP contribution in [0, 0.1) is 10.1 Å². The fourth-order valence-electron chi connectivity index (χ4n) is 3.15. The Hall–Kier alpha value is -2.93. The number of ether oxygens (including phenoxy) is 1. The van der Waals surface area contributed by atoms with Crippen LogP contribution in [0.4, 0.5) is 11.4 Å². The Morgan fingerprint density at radius 1 is 1.30 bits per heavy atom. The van der Waals surface area contributed by atoms with Crippen molar-refractivity contribution in [2.24, 2.45) is 0 Å². The van der Waals surface area contributed by atoms with Gasteiger partial charge in [0.05, 0.1) is 15.5 Å². The zero-order chi connectivity index (χ0) is 19.7. The maximum absolute atomic E-state index is 12.9. The van der Waals surface area contributed by atoms with E-state index in [4.69, 9.17) is 16.3 Å². The van der Waals surface area contributed by atoms with Crippen molar-refractivity contribution in [2.75, 3.05) is 4.90 Å². The van der Waals surface area contributed by atoms with E-state index in [1.165, 1.54) is 19.1 Å². The lowest BCUT2D eigenvalue weighted by Gasteiger charge is -2.26. The summed E-state index contributed by atoms with van der Waals surface area (Å²) in [6, 6.07) is 11.0. The van der Waals surface area contributed by atoms with E-state index in [0.29, 0.717) is 0 Å². The molecule has 1 aliphatic heterocycles. The van der Waals surface area contributed by atoms with Gasteiger partial charge in [0, 0.05) is 23.9 Å². The van der Waals surface area contributed by atoms with Gasteiger partial charge in [-0.25, -0.2) is 4.79 Å². The first-order chi connectivity index (χ1) is 12.8. The highest BCUT2D eigenvalue weighted by Crippen LogP contribution is 2.32. The van der Waals surface area contributed by atoms with Gasteiger partial charge < -0.3 is 9.64 Å². The predicted molar refractivity (Wildman–Crippen MR) is 100 cm³/mol. The molecule has 0 bridgehead atoms. The molecule has 0 aliphatic carbocycles. The number of hydrogen-bond donors (Lipinski definition) is 0. The summed E-state index contributed by atoms with van der Waals surface area (Å²) in [5.74, 6) is -1.24. The molecule has 0 saturated carbocycles. The molecule has 0 saturated heterocycles. The zero-order valence-electron chi connectivity index (χ0n) is 14.7. The van der Waals surface area contributed by atoms with Crippen LogP contribution in [0.5, 0.6) is 0 Å². The van der Waals surface area contributed by atoms with Gasteiger partial charge >= 0.3 is 5.97 Å². The predicted octanol–water partition coefficient (Wildman–Crippen LogP) is 3.77. The summed E-state index contributed by atoms with van der Waals surface area (Å²) in [6.07, 6.45) is -0.347. The van der Waals surface area contributed by atoms with Crippen LogP contribution < -0.4 is 4.90 Å². The van der Waals surface area contributed by atoms with Crippen LogP contribution in [0.25, 0.3) is 0 Å². The molecule has 0 radical (unpaired) electrons. The normalized spacial score (nSPS) is 16.6. The minimum Gasteiger partial charge on any atom is -0.449 e. The molecular formula is C19H17ClN2O5. The molecule has 7 nitrogen and oxygen atoms in total. The average molecular weight is 389 g/mol. The number of rotatable bonds is 4. The number of amides is 1. The molecule has 27 heavy (non-hydrogen) atoms. The Bertz CT molecular complexity index is 930. The van der Waals surface area contributed by atoms with Crippen LogP contribution in [0.15, 0.2) is 42.5 Å². The van der Waals surface area contributed by atoms with Crippen molar-refractivity contribution in [3.63, 3.8) is 0 Å². The highest BCUT2D eigenvalue weighted by atomic mass is 35.5. The number of benzene rings is 2. The van der Waals surface area contributed by atoms with Crippen molar-refractivity contribution in [1.82, 2.24) is 0 Å². The molecule has 8 heteroatoms. The number of nitrogens with zero attached hydrogens (tertiary/aromatic N) is 2. The molecule has 2 aromatic carbocycles. The largest absolute Gasteiger partial charge is 0.449 e. The Morgan fingerprint density at radius 2 is 2.00 bits per heavy atom. The third kappa shape index (κ3) is 3.64. The minimum absolute atomic E-state index is 0.0186. The number of hydrogen-bond acceptors (Lipinski definition) is 5. The topological polar surface area (TPSA) is 89.7 Å². The highest BCUT2D eigenvalue weighted by molar-refractivity contribution is 6.33. The number of para-hydroxylation sites is 1. The van der Waals surface area contributed by atoms with Gasteiger partial charge in [0.2, 0.25) is 0 Å². The Kier molecular flexibility index (Phi) is 5.14. The van der Waals surface area contributed by atoms with Crippen molar-refractivity contribution in [3.05, 3.63) is 68.7 Å². The molecule has 2 aromatic rings. The van der Waals surface area contributed by atoms with Crippen LogP contribution in [0.3, 0.4) is 0 Å². The first-order valence-electron chi connectivity index (χ1n) is 8.35. The van der Waals surface area contributed by atoms with Gasteiger partial charge in [-0.05, 0) is 38.0 Å². The number of halogens is 1. The lowest BCUT2D eigenvalue weighted by Crippen LogP contribution is -2.43. The summed E-state index contributed by atoms with van der Waals surface area (Å²) in [4.78, 5) is 37.1. The summed E-state index contributed by atoms with van der Waals surface area (Å²) in [5.41, 5.74) is 1.41. The van der Waals surface area contributed by atoms with Crippen LogP contribution in [0.2, 0.25) is 5.02 Å². The summed E-state index contributed by atoms with van der Waals surface area (Å²) in [7, 11) is 0. The van der Waals surface area contributed by atoms with Gasteiger partial charge in [0.1, 0.15) is 0 Å². The van der Waals surface area contributed by atoms with Gasteiger partial charge in [-0.3, -0.25) is 14.9 Å². The molecule has 1 aliphatic rings. The lowest BCUT2D eigenvalue weighted by atomic mass is 10.1. The standard InChI is InChI=1S/C19H17ClN2O5/c1-11-9-13-5-3-4-6-17(13)21(11)18(23)12(2)27-19(24)15-10-14(22(25)26)7-8-16(15)20/h3-8,10-12H,9H2,1-2H3/t11-,12-/m0/s1. The van der Waals surface area contributed by atoms with E-state index in [9.17, 15) is 19.7 Å². The summed E-state index contributed by atoms with van der Waals surface area (Å²) in [6.45, 7) is 3.39. The average Bonchev–Trinajstić information content (AvgIpc) is 2.96. The highest BCUT2D eigenvalue weighted by Gasteiger charge is 2.34. The van der Waals surface area contributed by atoms with E-state index in [1.807, 2.05) is 31.2 Å². The van der Waals surface area contributed by atoms with Crippen LogP contribution >= 0.6 is 11.6 Å². The van der Waals surface area contributed by atoms with Crippen LogP contribution in [-0.2, 0) is 16.0 Å². The number of non-ortho nitro benzene ring substituents is 1. The first kappa shape index (κ1) is 18.8. The molecule has 140 valence electrons. The second kappa shape index (κ2) is 7.36. The van der Waals surface area contributed by atoms with Crippen molar-refractivity contribution >= 4 is 34.9 Å². The van der Waals surface area contributed by atoms with Crippen molar-refractivity contribution in [1.29, 1.82) is 0 Å². The number of fused-ring (bicyclic) bond motifs is 1. The minimum atomic E-state index is -1.07. The third-order valence-electron chi connectivity index (χ3n) is 4.46.